The minimum Gasteiger partial charge on any atom is -0.393 e. The van der Waals surface area contributed by atoms with E-state index in [1.165, 1.54) is 0 Å². The Bertz CT molecular complexity index is 390. The van der Waals surface area contributed by atoms with E-state index >= 15 is 0 Å². The maximum atomic E-state index is 9.28. The zero-order valence-electron chi connectivity index (χ0n) is 10.6. The standard InChI is InChI=1S/C12H20N4O/c1-8-11(13-2)14-7-15-12(8)16(3)6-9-4-10(17)5-9/h7,9-10,17H,4-6H2,1-3H3,(H,13,14,15). The van der Waals surface area contributed by atoms with E-state index in [0.29, 0.717) is 5.92 Å². The average molecular weight is 236 g/mol. The first-order valence-corrected chi connectivity index (χ1v) is 6.00. The highest BCUT2D eigenvalue weighted by Crippen LogP contribution is 2.30. The monoisotopic (exact) mass is 236 g/mol. The Morgan fingerprint density at radius 3 is 2.76 bits per heavy atom. The lowest BCUT2D eigenvalue weighted by Crippen LogP contribution is -2.37. The fraction of sp³-hybridized carbons (Fsp3) is 0.667. The van der Waals surface area contributed by atoms with E-state index in [-0.39, 0.29) is 6.10 Å². The number of hydrogen-bond donors (Lipinski definition) is 2. The number of aliphatic hydroxyl groups is 1. The van der Waals surface area contributed by atoms with Gasteiger partial charge in [-0.15, -0.1) is 0 Å². The van der Waals surface area contributed by atoms with Crippen LogP contribution < -0.4 is 10.2 Å². The second-order valence-corrected chi connectivity index (χ2v) is 4.79. The van der Waals surface area contributed by atoms with E-state index in [0.717, 1.165) is 36.6 Å². The largest absolute Gasteiger partial charge is 0.393 e. The van der Waals surface area contributed by atoms with Crippen LogP contribution in [0.15, 0.2) is 6.33 Å². The van der Waals surface area contributed by atoms with Crippen LogP contribution in [0.3, 0.4) is 0 Å². The molecule has 0 aromatic carbocycles. The molecule has 1 aromatic rings. The molecule has 17 heavy (non-hydrogen) atoms. The highest BCUT2D eigenvalue weighted by atomic mass is 16.3. The minimum absolute atomic E-state index is 0.0900. The minimum atomic E-state index is -0.0900. The predicted molar refractivity (Wildman–Crippen MR) is 68.3 cm³/mol. The van der Waals surface area contributed by atoms with E-state index in [1.54, 1.807) is 6.33 Å². The second kappa shape index (κ2) is 4.87. The molecule has 1 aromatic heterocycles. The van der Waals surface area contributed by atoms with Gasteiger partial charge < -0.3 is 15.3 Å². The molecule has 0 spiro atoms. The van der Waals surface area contributed by atoms with Crippen molar-refractivity contribution in [3.8, 4) is 0 Å². The van der Waals surface area contributed by atoms with Crippen molar-refractivity contribution in [2.75, 3.05) is 30.9 Å². The summed E-state index contributed by atoms with van der Waals surface area (Å²) in [4.78, 5) is 10.7. The van der Waals surface area contributed by atoms with E-state index in [4.69, 9.17) is 0 Å². The average Bonchev–Trinajstić information content (AvgIpc) is 2.27. The van der Waals surface area contributed by atoms with Crippen molar-refractivity contribution in [1.82, 2.24) is 9.97 Å². The molecule has 1 aliphatic carbocycles. The Kier molecular flexibility index (Phi) is 3.47. The molecule has 1 heterocycles. The van der Waals surface area contributed by atoms with Crippen LogP contribution in [0, 0.1) is 12.8 Å². The smallest absolute Gasteiger partial charge is 0.136 e. The molecule has 5 heteroatoms. The van der Waals surface area contributed by atoms with Crippen LogP contribution in [0.25, 0.3) is 0 Å². The van der Waals surface area contributed by atoms with Crippen LogP contribution in [-0.4, -0.2) is 41.8 Å². The van der Waals surface area contributed by atoms with E-state index in [1.807, 2.05) is 21.0 Å². The molecule has 1 saturated carbocycles. The summed E-state index contributed by atoms with van der Waals surface area (Å²) in [6.45, 7) is 2.96. The van der Waals surface area contributed by atoms with E-state index in [2.05, 4.69) is 20.2 Å². The maximum absolute atomic E-state index is 9.28. The highest BCUT2D eigenvalue weighted by Gasteiger charge is 2.28. The zero-order valence-corrected chi connectivity index (χ0v) is 10.6. The van der Waals surface area contributed by atoms with Gasteiger partial charge in [-0.05, 0) is 25.7 Å². The van der Waals surface area contributed by atoms with Gasteiger partial charge in [0.1, 0.15) is 18.0 Å². The molecule has 0 atom stereocenters. The van der Waals surface area contributed by atoms with Gasteiger partial charge in [0.25, 0.3) is 0 Å². The summed E-state index contributed by atoms with van der Waals surface area (Å²) in [5, 5.41) is 12.3. The lowest BCUT2D eigenvalue weighted by molar-refractivity contribution is 0.0464. The number of nitrogens with zero attached hydrogens (tertiary/aromatic N) is 3. The molecule has 0 amide bonds. The Morgan fingerprint density at radius 1 is 1.47 bits per heavy atom. The molecule has 5 nitrogen and oxygen atoms in total. The fourth-order valence-electron chi connectivity index (χ4n) is 2.40. The van der Waals surface area contributed by atoms with E-state index in [9.17, 15) is 5.11 Å². The number of rotatable bonds is 4. The predicted octanol–water partition coefficient (Wildman–Crippen LogP) is 1.03. The normalized spacial score (nSPS) is 23.1. The van der Waals surface area contributed by atoms with Gasteiger partial charge in [0, 0.05) is 26.2 Å². The van der Waals surface area contributed by atoms with Crippen LogP contribution in [0.2, 0.25) is 0 Å². The van der Waals surface area contributed by atoms with Crippen molar-refractivity contribution < 1.29 is 5.11 Å². The molecule has 94 valence electrons. The summed E-state index contributed by atoms with van der Waals surface area (Å²) in [7, 11) is 3.90. The van der Waals surface area contributed by atoms with Gasteiger partial charge in [-0.3, -0.25) is 0 Å². The third-order valence-corrected chi connectivity index (χ3v) is 3.40. The fourth-order valence-corrected chi connectivity index (χ4v) is 2.40. The van der Waals surface area contributed by atoms with Gasteiger partial charge in [-0.25, -0.2) is 9.97 Å². The second-order valence-electron chi connectivity index (χ2n) is 4.79. The number of aromatic nitrogens is 2. The van der Waals surface area contributed by atoms with Crippen molar-refractivity contribution in [1.29, 1.82) is 0 Å². The summed E-state index contributed by atoms with van der Waals surface area (Å²) in [5.41, 5.74) is 1.07. The molecule has 0 bridgehead atoms. The van der Waals surface area contributed by atoms with Crippen molar-refractivity contribution in [3.05, 3.63) is 11.9 Å². The first kappa shape index (κ1) is 12.1. The van der Waals surface area contributed by atoms with Crippen LogP contribution in [-0.2, 0) is 0 Å². The molecule has 2 N–H and O–H groups in total. The van der Waals surface area contributed by atoms with Crippen molar-refractivity contribution in [3.63, 3.8) is 0 Å². The van der Waals surface area contributed by atoms with Gasteiger partial charge >= 0.3 is 0 Å². The summed E-state index contributed by atoms with van der Waals surface area (Å²) >= 11 is 0. The van der Waals surface area contributed by atoms with E-state index < -0.39 is 0 Å². The van der Waals surface area contributed by atoms with Crippen molar-refractivity contribution in [2.24, 2.45) is 5.92 Å². The molecule has 0 radical (unpaired) electrons. The Labute approximate surface area is 102 Å². The lowest BCUT2D eigenvalue weighted by Gasteiger charge is -2.35. The Hall–Kier alpha value is -1.36. The van der Waals surface area contributed by atoms with Crippen LogP contribution in [0.4, 0.5) is 11.6 Å². The van der Waals surface area contributed by atoms with Gasteiger partial charge in [0.15, 0.2) is 0 Å². The summed E-state index contributed by atoms with van der Waals surface area (Å²) in [6, 6.07) is 0. The SMILES string of the molecule is CNc1ncnc(N(C)CC2CC(O)C2)c1C. The Balaban J connectivity index is 2.05. The third kappa shape index (κ3) is 2.49. The first-order chi connectivity index (χ1) is 8.11. The van der Waals surface area contributed by atoms with Crippen molar-refractivity contribution in [2.45, 2.75) is 25.9 Å². The number of anilines is 2. The molecule has 1 fully saturated rings. The van der Waals surface area contributed by atoms with Gasteiger partial charge in [0.05, 0.1) is 6.10 Å². The third-order valence-electron chi connectivity index (χ3n) is 3.40. The Morgan fingerprint density at radius 2 is 2.18 bits per heavy atom. The number of hydrogen-bond acceptors (Lipinski definition) is 5. The number of aliphatic hydroxyl groups excluding tert-OH is 1. The highest BCUT2D eigenvalue weighted by molar-refractivity contribution is 5.57. The summed E-state index contributed by atoms with van der Waals surface area (Å²) in [5.74, 6) is 2.42. The first-order valence-electron chi connectivity index (χ1n) is 6.00. The van der Waals surface area contributed by atoms with Crippen LogP contribution >= 0.6 is 0 Å². The molecular weight excluding hydrogens is 216 g/mol. The molecule has 1 aliphatic rings. The molecule has 2 rings (SSSR count). The van der Waals surface area contributed by atoms with Gasteiger partial charge in [-0.1, -0.05) is 0 Å². The topological polar surface area (TPSA) is 61.3 Å². The van der Waals surface area contributed by atoms with Crippen molar-refractivity contribution >= 4 is 11.6 Å². The number of nitrogens with one attached hydrogen (secondary N) is 1. The molecule has 0 aliphatic heterocycles. The summed E-state index contributed by atoms with van der Waals surface area (Å²) < 4.78 is 0. The lowest BCUT2D eigenvalue weighted by atomic mass is 9.82. The maximum Gasteiger partial charge on any atom is 0.136 e. The van der Waals surface area contributed by atoms with Crippen LogP contribution in [0.1, 0.15) is 18.4 Å². The van der Waals surface area contributed by atoms with Gasteiger partial charge in [0.2, 0.25) is 0 Å². The molecule has 0 unspecified atom stereocenters. The summed E-state index contributed by atoms with van der Waals surface area (Å²) in [6.07, 6.45) is 3.31. The molecular formula is C12H20N4O. The van der Waals surface area contributed by atoms with Gasteiger partial charge in [-0.2, -0.15) is 0 Å². The quantitative estimate of drug-likeness (QED) is 0.817. The molecule has 0 saturated heterocycles. The zero-order chi connectivity index (χ0) is 12.4. The van der Waals surface area contributed by atoms with Crippen LogP contribution in [0.5, 0.6) is 0 Å².